The van der Waals surface area contributed by atoms with Crippen LogP contribution in [0.1, 0.15) is 47.0 Å². The number of aryl methyl sites for hydroxylation is 1. The molecule has 0 saturated carbocycles. The minimum Gasteiger partial charge on any atom is -0.451 e. The summed E-state index contributed by atoms with van der Waals surface area (Å²) >= 11 is 6.06. The molecule has 1 aliphatic rings. The van der Waals surface area contributed by atoms with Crippen LogP contribution in [0.2, 0.25) is 5.02 Å². The predicted octanol–water partition coefficient (Wildman–Crippen LogP) is 4.71. The summed E-state index contributed by atoms with van der Waals surface area (Å²) in [6.45, 7) is 4.33. The maximum atomic E-state index is 12.8. The average molecular weight is 425 g/mol. The molecule has 0 radical (unpaired) electrons. The molecule has 4 rings (SSSR count). The third kappa shape index (κ3) is 4.58. The summed E-state index contributed by atoms with van der Waals surface area (Å²) in [7, 11) is 0. The normalized spacial score (nSPS) is 15.8. The lowest BCUT2D eigenvalue weighted by molar-refractivity contribution is 0.0897. The molecule has 5 nitrogen and oxygen atoms in total. The molecule has 1 atom stereocenters. The van der Waals surface area contributed by atoms with E-state index in [0.29, 0.717) is 22.5 Å². The molecule has 1 fully saturated rings. The Hall–Kier alpha value is -2.63. The van der Waals surface area contributed by atoms with E-state index in [0.717, 1.165) is 37.1 Å². The Balaban J connectivity index is 1.55. The lowest BCUT2D eigenvalue weighted by atomic mass is 10.0. The quantitative estimate of drug-likeness (QED) is 0.644. The average Bonchev–Trinajstić information content (AvgIpc) is 2.76. The Morgan fingerprint density at radius 2 is 1.83 bits per heavy atom. The van der Waals surface area contributed by atoms with E-state index in [1.165, 1.54) is 12.5 Å². The van der Waals surface area contributed by atoms with Crippen molar-refractivity contribution in [3.8, 4) is 0 Å². The Morgan fingerprint density at radius 3 is 2.57 bits per heavy atom. The van der Waals surface area contributed by atoms with E-state index in [1.54, 1.807) is 12.1 Å². The second-order valence-electron chi connectivity index (χ2n) is 7.85. The fourth-order valence-corrected chi connectivity index (χ4v) is 4.16. The van der Waals surface area contributed by atoms with Crippen LogP contribution in [-0.4, -0.2) is 30.4 Å². The first kappa shape index (κ1) is 20.6. The van der Waals surface area contributed by atoms with Crippen LogP contribution in [-0.2, 0) is 0 Å². The van der Waals surface area contributed by atoms with Crippen molar-refractivity contribution in [3.05, 3.63) is 80.7 Å². The largest absolute Gasteiger partial charge is 0.451 e. The van der Waals surface area contributed by atoms with Gasteiger partial charge >= 0.3 is 0 Å². The molecule has 0 unspecified atom stereocenters. The minimum absolute atomic E-state index is 0.0323. The summed E-state index contributed by atoms with van der Waals surface area (Å²) in [5.74, 6) is -0.351. The standard InChI is InChI=1S/C24H25ClN2O3/c1-16-5-10-22-19(13-16)21(28)14-23(30-22)24(29)26-15-20(27-11-3-2-4-12-27)17-6-8-18(25)9-7-17/h5-10,13-14,20H,2-4,11-12,15H2,1H3,(H,26,29)/t20-/m1/s1. The fourth-order valence-electron chi connectivity index (χ4n) is 4.03. The van der Waals surface area contributed by atoms with Gasteiger partial charge in [-0.2, -0.15) is 0 Å². The van der Waals surface area contributed by atoms with Crippen molar-refractivity contribution in [2.75, 3.05) is 19.6 Å². The van der Waals surface area contributed by atoms with Gasteiger partial charge in [0.1, 0.15) is 5.58 Å². The molecular formula is C24H25ClN2O3. The number of hydrogen-bond acceptors (Lipinski definition) is 4. The third-order valence-electron chi connectivity index (χ3n) is 5.65. The first-order valence-electron chi connectivity index (χ1n) is 10.3. The number of piperidine rings is 1. The number of nitrogens with one attached hydrogen (secondary N) is 1. The lowest BCUT2D eigenvalue weighted by Crippen LogP contribution is -2.40. The summed E-state index contributed by atoms with van der Waals surface area (Å²) in [5, 5.41) is 4.14. The van der Waals surface area contributed by atoms with Gasteiger partial charge in [0.2, 0.25) is 0 Å². The highest BCUT2D eigenvalue weighted by Crippen LogP contribution is 2.25. The SMILES string of the molecule is Cc1ccc2oc(C(=O)NC[C@H](c3ccc(Cl)cc3)N3CCCCC3)cc(=O)c2c1. The number of likely N-dealkylation sites (tertiary alicyclic amines) is 1. The van der Waals surface area contributed by atoms with Crippen molar-refractivity contribution in [1.82, 2.24) is 10.2 Å². The highest BCUT2D eigenvalue weighted by molar-refractivity contribution is 6.30. The Bertz CT molecular complexity index is 1100. The van der Waals surface area contributed by atoms with Gasteiger partial charge in [-0.05, 0) is 62.7 Å². The molecule has 1 aliphatic heterocycles. The maximum Gasteiger partial charge on any atom is 0.287 e. The second-order valence-corrected chi connectivity index (χ2v) is 8.28. The van der Waals surface area contributed by atoms with Crippen molar-refractivity contribution >= 4 is 28.5 Å². The molecule has 0 aliphatic carbocycles. The second kappa shape index (κ2) is 9.02. The molecule has 3 aromatic rings. The maximum absolute atomic E-state index is 12.8. The van der Waals surface area contributed by atoms with Crippen LogP contribution in [0.15, 0.2) is 57.7 Å². The summed E-state index contributed by atoms with van der Waals surface area (Å²) < 4.78 is 5.72. The molecule has 2 heterocycles. The van der Waals surface area contributed by atoms with Gasteiger partial charge in [0, 0.05) is 17.6 Å². The number of benzene rings is 2. The number of halogens is 1. The van der Waals surface area contributed by atoms with Gasteiger partial charge in [-0.3, -0.25) is 14.5 Å². The summed E-state index contributed by atoms with van der Waals surface area (Å²) in [6, 6.07) is 14.4. The minimum atomic E-state index is -0.384. The number of fused-ring (bicyclic) bond motifs is 1. The zero-order valence-corrected chi connectivity index (χ0v) is 17.7. The van der Waals surface area contributed by atoms with Crippen molar-refractivity contribution in [1.29, 1.82) is 0 Å². The van der Waals surface area contributed by atoms with Crippen molar-refractivity contribution in [3.63, 3.8) is 0 Å². The molecule has 0 bridgehead atoms. The number of carbonyl (C=O) groups excluding carboxylic acids is 1. The molecule has 1 N–H and O–H groups in total. The first-order valence-corrected chi connectivity index (χ1v) is 10.7. The Morgan fingerprint density at radius 1 is 1.10 bits per heavy atom. The van der Waals surface area contributed by atoms with Gasteiger partial charge in [0.15, 0.2) is 11.2 Å². The molecule has 0 spiro atoms. The highest BCUT2D eigenvalue weighted by atomic mass is 35.5. The van der Waals surface area contributed by atoms with E-state index in [9.17, 15) is 9.59 Å². The van der Waals surface area contributed by atoms with Crippen molar-refractivity contribution in [2.24, 2.45) is 0 Å². The van der Waals surface area contributed by atoms with Gasteiger partial charge in [-0.1, -0.05) is 41.8 Å². The van der Waals surface area contributed by atoms with Gasteiger partial charge in [0.05, 0.1) is 11.4 Å². The monoisotopic (exact) mass is 424 g/mol. The van der Waals surface area contributed by atoms with E-state index in [2.05, 4.69) is 10.2 Å². The number of nitrogens with zero attached hydrogens (tertiary/aromatic N) is 1. The van der Waals surface area contributed by atoms with Crippen LogP contribution in [0.4, 0.5) is 0 Å². The Labute approximate surface area is 180 Å². The summed E-state index contributed by atoms with van der Waals surface area (Å²) in [5.41, 5.74) is 2.29. The fraction of sp³-hybridized carbons (Fsp3) is 0.333. The molecule has 156 valence electrons. The molecular weight excluding hydrogens is 400 g/mol. The van der Waals surface area contributed by atoms with Crippen LogP contribution >= 0.6 is 11.6 Å². The highest BCUT2D eigenvalue weighted by Gasteiger charge is 2.23. The topological polar surface area (TPSA) is 62.6 Å². The van der Waals surface area contributed by atoms with E-state index in [-0.39, 0.29) is 23.1 Å². The zero-order chi connectivity index (χ0) is 21.1. The van der Waals surface area contributed by atoms with E-state index in [1.807, 2.05) is 37.3 Å². The molecule has 1 saturated heterocycles. The molecule has 1 amide bonds. The van der Waals surface area contributed by atoms with Crippen LogP contribution in [0, 0.1) is 6.92 Å². The summed E-state index contributed by atoms with van der Waals surface area (Å²) in [6.07, 6.45) is 3.53. The van der Waals surface area contributed by atoms with Crippen molar-refractivity contribution in [2.45, 2.75) is 32.2 Å². The number of carbonyl (C=O) groups is 1. The van der Waals surface area contributed by atoms with Crippen molar-refractivity contribution < 1.29 is 9.21 Å². The molecule has 1 aromatic heterocycles. The van der Waals surface area contributed by atoms with E-state index in [4.69, 9.17) is 16.0 Å². The van der Waals surface area contributed by atoms with Crippen LogP contribution < -0.4 is 10.7 Å². The summed E-state index contributed by atoms with van der Waals surface area (Å²) in [4.78, 5) is 27.6. The van der Waals surface area contributed by atoms with Crippen LogP contribution in [0.3, 0.4) is 0 Å². The van der Waals surface area contributed by atoms with Gasteiger partial charge in [-0.25, -0.2) is 0 Å². The molecule has 2 aromatic carbocycles. The van der Waals surface area contributed by atoms with E-state index >= 15 is 0 Å². The van der Waals surface area contributed by atoms with Crippen LogP contribution in [0.25, 0.3) is 11.0 Å². The number of amides is 1. The molecule has 6 heteroatoms. The zero-order valence-electron chi connectivity index (χ0n) is 17.0. The van der Waals surface area contributed by atoms with Crippen LogP contribution in [0.5, 0.6) is 0 Å². The molecule has 30 heavy (non-hydrogen) atoms. The van der Waals surface area contributed by atoms with Gasteiger partial charge in [-0.15, -0.1) is 0 Å². The smallest absolute Gasteiger partial charge is 0.287 e. The lowest BCUT2D eigenvalue weighted by Gasteiger charge is -2.35. The number of rotatable bonds is 5. The third-order valence-corrected chi connectivity index (χ3v) is 5.90. The predicted molar refractivity (Wildman–Crippen MR) is 119 cm³/mol. The first-order chi connectivity index (χ1) is 14.5. The van der Waals surface area contributed by atoms with Gasteiger partial charge in [0.25, 0.3) is 5.91 Å². The van der Waals surface area contributed by atoms with E-state index < -0.39 is 0 Å². The van der Waals surface area contributed by atoms with Gasteiger partial charge < -0.3 is 9.73 Å². The number of hydrogen-bond donors (Lipinski definition) is 1. The Kier molecular flexibility index (Phi) is 6.21.